The van der Waals surface area contributed by atoms with Crippen LogP contribution in [0, 0.1) is 18.6 Å². The molecule has 0 saturated heterocycles. The summed E-state index contributed by atoms with van der Waals surface area (Å²) in [6.45, 7) is 11.5. The Hall–Kier alpha value is -3.79. The van der Waals surface area contributed by atoms with Gasteiger partial charge < -0.3 is 14.8 Å². The first-order chi connectivity index (χ1) is 18.1. The van der Waals surface area contributed by atoms with E-state index in [4.69, 9.17) is 21.1 Å². The van der Waals surface area contributed by atoms with Gasteiger partial charge in [-0.1, -0.05) is 11.6 Å². The second-order valence-electron chi connectivity index (χ2n) is 10.8. The average Bonchev–Trinajstić information content (AvgIpc) is 2.78. The Morgan fingerprint density at radius 2 is 1.56 bits per heavy atom. The number of aromatic nitrogens is 2. The molecule has 0 aliphatic rings. The number of nitrogens with zero attached hydrogens (tertiary/aromatic N) is 3. The highest BCUT2D eigenvalue weighted by atomic mass is 35.5. The number of hydrogen-bond acceptors (Lipinski definition) is 7. The molecule has 2 amide bonds. The number of benzene rings is 1. The van der Waals surface area contributed by atoms with E-state index in [0.717, 1.165) is 0 Å². The van der Waals surface area contributed by atoms with Gasteiger partial charge in [-0.15, -0.1) is 0 Å². The lowest BCUT2D eigenvalue weighted by molar-refractivity contribution is 0.0427. The molecule has 208 valence electrons. The maximum atomic E-state index is 15.8. The molecule has 0 spiro atoms. The Kier molecular flexibility index (Phi) is 8.80. The van der Waals surface area contributed by atoms with Crippen LogP contribution in [0.5, 0.6) is 0 Å². The van der Waals surface area contributed by atoms with Crippen molar-refractivity contribution < 1.29 is 27.8 Å². The molecule has 39 heavy (non-hydrogen) atoms. The highest BCUT2D eigenvalue weighted by Crippen LogP contribution is 2.29. The van der Waals surface area contributed by atoms with Crippen molar-refractivity contribution in [3.8, 4) is 0 Å². The minimum atomic E-state index is -1.13. The third kappa shape index (κ3) is 7.86. The summed E-state index contributed by atoms with van der Waals surface area (Å²) < 4.78 is 40.8. The number of nitrogens with one attached hydrogen (secondary N) is 1. The molecule has 3 rings (SSSR count). The molecule has 0 aliphatic carbocycles. The molecule has 0 saturated carbocycles. The number of imide groups is 1. The van der Waals surface area contributed by atoms with E-state index in [1.165, 1.54) is 30.6 Å². The summed E-state index contributed by atoms with van der Waals surface area (Å²) in [6, 6.07) is 5.67. The standard InChI is InChI=1S/C28H31ClF2N4O4/c1-16-18(14-32-15-22(16)34-21-9-8-19(29)13-20(21)30)12-17-10-11-33-24(23(17)31)35(25(36)38-27(2,3)4)26(37)39-28(5,6)7/h8-11,13-15,34H,12H2,1-7H3. The fourth-order valence-corrected chi connectivity index (χ4v) is 3.60. The topological polar surface area (TPSA) is 93.7 Å². The molecule has 0 fully saturated rings. The lowest BCUT2D eigenvalue weighted by atomic mass is 10.0. The highest BCUT2D eigenvalue weighted by Gasteiger charge is 2.36. The fraction of sp³-hybridized carbons (Fsp3) is 0.357. The predicted octanol–water partition coefficient (Wildman–Crippen LogP) is 7.73. The highest BCUT2D eigenvalue weighted by molar-refractivity contribution is 6.30. The van der Waals surface area contributed by atoms with Crippen LogP contribution in [0.25, 0.3) is 0 Å². The summed E-state index contributed by atoms with van der Waals surface area (Å²) in [4.78, 5) is 34.5. The fourth-order valence-electron chi connectivity index (χ4n) is 3.44. The molecule has 0 atom stereocenters. The van der Waals surface area contributed by atoms with Gasteiger partial charge in [0.15, 0.2) is 11.6 Å². The Bertz CT molecular complexity index is 1360. The normalized spacial score (nSPS) is 11.6. The zero-order chi connectivity index (χ0) is 29.1. The van der Waals surface area contributed by atoms with Crippen molar-refractivity contribution in [1.29, 1.82) is 0 Å². The number of rotatable bonds is 5. The molecule has 8 nitrogen and oxygen atoms in total. The number of ether oxygens (including phenoxy) is 2. The van der Waals surface area contributed by atoms with Crippen LogP contribution in [0.4, 0.5) is 35.6 Å². The SMILES string of the molecule is Cc1c(Cc2ccnc(N(C(=O)OC(C)(C)C)C(=O)OC(C)(C)C)c2F)cncc1Nc1ccc(Cl)cc1F. The average molecular weight is 561 g/mol. The number of halogens is 3. The van der Waals surface area contributed by atoms with Gasteiger partial charge >= 0.3 is 12.2 Å². The third-order valence-electron chi connectivity index (χ3n) is 5.22. The lowest BCUT2D eigenvalue weighted by Gasteiger charge is -2.28. The van der Waals surface area contributed by atoms with Gasteiger partial charge in [-0.25, -0.2) is 23.4 Å². The quantitative estimate of drug-likeness (QED) is 0.341. The molecule has 0 aliphatic heterocycles. The zero-order valence-corrected chi connectivity index (χ0v) is 23.6. The maximum Gasteiger partial charge on any atom is 0.425 e. The van der Waals surface area contributed by atoms with Crippen LogP contribution in [0.15, 0.2) is 42.9 Å². The smallest absolute Gasteiger partial charge is 0.425 e. The first-order valence-corrected chi connectivity index (χ1v) is 12.5. The van der Waals surface area contributed by atoms with Crippen molar-refractivity contribution in [1.82, 2.24) is 9.97 Å². The van der Waals surface area contributed by atoms with Crippen molar-refractivity contribution in [2.75, 3.05) is 10.2 Å². The number of carbonyl (C=O) groups is 2. The first-order valence-electron chi connectivity index (χ1n) is 12.1. The molecule has 0 unspecified atom stereocenters. The zero-order valence-electron chi connectivity index (χ0n) is 22.9. The summed E-state index contributed by atoms with van der Waals surface area (Å²) in [5.74, 6) is -2.00. The van der Waals surface area contributed by atoms with E-state index in [9.17, 15) is 14.0 Å². The van der Waals surface area contributed by atoms with Crippen LogP contribution in [-0.2, 0) is 15.9 Å². The second kappa shape index (κ2) is 11.5. The summed E-state index contributed by atoms with van der Waals surface area (Å²) in [6.07, 6.45) is 2.13. The maximum absolute atomic E-state index is 15.8. The van der Waals surface area contributed by atoms with Gasteiger partial charge in [-0.05, 0) is 89.4 Å². The van der Waals surface area contributed by atoms with Gasteiger partial charge in [-0.2, -0.15) is 4.90 Å². The van der Waals surface area contributed by atoms with Crippen molar-refractivity contribution in [2.24, 2.45) is 0 Å². The first kappa shape index (κ1) is 29.8. The number of hydrogen-bond donors (Lipinski definition) is 1. The Balaban J connectivity index is 1.97. The third-order valence-corrected chi connectivity index (χ3v) is 5.45. The number of anilines is 3. The van der Waals surface area contributed by atoms with Crippen LogP contribution in [-0.4, -0.2) is 33.4 Å². The number of pyridine rings is 2. The minimum Gasteiger partial charge on any atom is -0.443 e. The largest absolute Gasteiger partial charge is 0.443 e. The molecule has 2 aromatic heterocycles. The molecule has 0 radical (unpaired) electrons. The van der Waals surface area contributed by atoms with E-state index in [1.54, 1.807) is 60.7 Å². The lowest BCUT2D eigenvalue weighted by Crippen LogP contribution is -2.44. The van der Waals surface area contributed by atoms with E-state index < -0.39 is 40.8 Å². The Labute approximate surface area is 231 Å². The Morgan fingerprint density at radius 1 is 0.949 bits per heavy atom. The molecular formula is C28H31ClF2N4O4. The van der Waals surface area contributed by atoms with Gasteiger partial charge in [0.2, 0.25) is 0 Å². The van der Waals surface area contributed by atoms with Crippen molar-refractivity contribution >= 4 is 41.0 Å². The van der Waals surface area contributed by atoms with Crippen molar-refractivity contribution in [3.05, 3.63) is 76.2 Å². The summed E-state index contributed by atoms with van der Waals surface area (Å²) in [7, 11) is 0. The van der Waals surface area contributed by atoms with Crippen LogP contribution in [0.2, 0.25) is 5.02 Å². The number of carbonyl (C=O) groups excluding carboxylic acids is 2. The predicted molar refractivity (Wildman–Crippen MR) is 146 cm³/mol. The second-order valence-corrected chi connectivity index (χ2v) is 11.2. The Morgan fingerprint density at radius 3 is 2.13 bits per heavy atom. The van der Waals surface area contributed by atoms with Crippen LogP contribution < -0.4 is 10.2 Å². The molecule has 1 N–H and O–H groups in total. The van der Waals surface area contributed by atoms with Crippen LogP contribution in [0.1, 0.15) is 58.2 Å². The van der Waals surface area contributed by atoms with Crippen LogP contribution >= 0.6 is 11.6 Å². The monoisotopic (exact) mass is 560 g/mol. The summed E-state index contributed by atoms with van der Waals surface area (Å²) >= 11 is 5.84. The van der Waals surface area contributed by atoms with Crippen molar-refractivity contribution in [3.63, 3.8) is 0 Å². The molecule has 2 heterocycles. The number of amides is 2. The van der Waals surface area contributed by atoms with E-state index in [1.807, 2.05) is 0 Å². The van der Waals surface area contributed by atoms with Gasteiger partial charge in [0.1, 0.15) is 17.0 Å². The molecule has 1 aromatic carbocycles. The van der Waals surface area contributed by atoms with Crippen LogP contribution in [0.3, 0.4) is 0 Å². The molecular weight excluding hydrogens is 530 g/mol. The molecule has 0 bridgehead atoms. The molecule has 3 aromatic rings. The minimum absolute atomic E-state index is 0.0370. The summed E-state index contributed by atoms with van der Waals surface area (Å²) in [5, 5.41) is 3.24. The molecule has 11 heteroatoms. The van der Waals surface area contributed by atoms with Crippen molar-refractivity contribution in [2.45, 2.75) is 66.1 Å². The summed E-state index contributed by atoms with van der Waals surface area (Å²) in [5.41, 5.74) is 0.213. The van der Waals surface area contributed by atoms with Gasteiger partial charge in [0.25, 0.3) is 0 Å². The van der Waals surface area contributed by atoms with Gasteiger partial charge in [0.05, 0.1) is 17.6 Å². The van der Waals surface area contributed by atoms with Gasteiger partial charge in [-0.3, -0.25) is 4.98 Å². The van der Waals surface area contributed by atoms with E-state index in [0.29, 0.717) is 21.7 Å². The van der Waals surface area contributed by atoms with E-state index >= 15 is 4.39 Å². The van der Waals surface area contributed by atoms with Gasteiger partial charge in [0, 0.05) is 23.8 Å². The van der Waals surface area contributed by atoms with E-state index in [-0.39, 0.29) is 22.7 Å². The van der Waals surface area contributed by atoms with E-state index in [2.05, 4.69) is 15.3 Å².